The smallest absolute Gasteiger partial charge is 0.103 e. The van der Waals surface area contributed by atoms with E-state index >= 15 is 0 Å². The summed E-state index contributed by atoms with van der Waals surface area (Å²) in [4.78, 5) is 2.77. The Balaban J connectivity index is 1.96. The highest BCUT2D eigenvalue weighted by Gasteiger charge is 2.32. The van der Waals surface area contributed by atoms with Gasteiger partial charge in [-0.3, -0.25) is 4.90 Å². The Morgan fingerprint density at radius 3 is 2.16 bits per heavy atom. The number of rotatable bonds is 5. The van der Waals surface area contributed by atoms with Crippen molar-refractivity contribution in [2.24, 2.45) is 5.73 Å². The fourth-order valence-corrected chi connectivity index (χ4v) is 2.57. The SMILES string of the molecule is COC1CN(Cc2ccc(C(N)=S)cc2)CC1OC. The minimum atomic E-state index is 0.154. The molecule has 0 saturated carbocycles. The average molecular weight is 280 g/mol. The molecule has 2 N–H and O–H groups in total. The van der Waals surface area contributed by atoms with Gasteiger partial charge in [0.2, 0.25) is 0 Å². The van der Waals surface area contributed by atoms with Crippen molar-refractivity contribution in [3.63, 3.8) is 0 Å². The normalized spacial score (nSPS) is 23.7. The van der Waals surface area contributed by atoms with Crippen LogP contribution in [0.5, 0.6) is 0 Å². The molecule has 2 rings (SSSR count). The predicted octanol–water partition coefficient (Wildman–Crippen LogP) is 1.17. The van der Waals surface area contributed by atoms with Gasteiger partial charge in [-0.1, -0.05) is 36.5 Å². The standard InChI is InChI=1S/C14H20N2O2S/c1-17-12-8-16(9-13(12)18-2)7-10-3-5-11(6-4-10)14(15)19/h3-6,12-13H,7-9H2,1-2H3,(H2,15,19). The first-order valence-electron chi connectivity index (χ1n) is 6.30. The summed E-state index contributed by atoms with van der Waals surface area (Å²) in [5.41, 5.74) is 7.74. The van der Waals surface area contributed by atoms with E-state index in [2.05, 4.69) is 17.0 Å². The van der Waals surface area contributed by atoms with Crippen molar-refractivity contribution >= 4 is 17.2 Å². The summed E-state index contributed by atoms with van der Waals surface area (Å²) in [5.74, 6) is 0. The largest absolute Gasteiger partial charge is 0.389 e. The maximum Gasteiger partial charge on any atom is 0.103 e. The molecule has 1 heterocycles. The van der Waals surface area contributed by atoms with Gasteiger partial charge in [-0.05, 0) is 5.56 Å². The van der Waals surface area contributed by atoms with Crippen LogP contribution in [0.1, 0.15) is 11.1 Å². The van der Waals surface area contributed by atoms with Crippen LogP contribution in [0.4, 0.5) is 0 Å². The Morgan fingerprint density at radius 1 is 1.21 bits per heavy atom. The number of methoxy groups -OCH3 is 2. The summed E-state index contributed by atoms with van der Waals surface area (Å²) < 4.78 is 10.9. The number of hydrogen-bond donors (Lipinski definition) is 1. The van der Waals surface area contributed by atoms with E-state index in [4.69, 9.17) is 27.4 Å². The van der Waals surface area contributed by atoms with Crippen molar-refractivity contribution in [2.75, 3.05) is 27.3 Å². The molecule has 104 valence electrons. The van der Waals surface area contributed by atoms with E-state index in [-0.39, 0.29) is 12.2 Å². The summed E-state index contributed by atoms with van der Waals surface area (Å²) in [6.45, 7) is 2.68. The van der Waals surface area contributed by atoms with Gasteiger partial charge in [0.15, 0.2) is 0 Å². The molecular weight excluding hydrogens is 260 g/mol. The number of benzene rings is 1. The summed E-state index contributed by atoms with van der Waals surface area (Å²) in [5, 5.41) is 0. The molecule has 4 nitrogen and oxygen atoms in total. The Hall–Kier alpha value is -1.01. The van der Waals surface area contributed by atoms with E-state index in [0.717, 1.165) is 25.2 Å². The number of thiocarbonyl (C=S) groups is 1. The van der Waals surface area contributed by atoms with Crippen molar-refractivity contribution in [2.45, 2.75) is 18.8 Å². The Bertz CT molecular complexity index is 424. The maximum atomic E-state index is 5.59. The van der Waals surface area contributed by atoms with Gasteiger partial charge in [-0.2, -0.15) is 0 Å². The lowest BCUT2D eigenvalue weighted by molar-refractivity contribution is -0.00461. The fourth-order valence-electron chi connectivity index (χ4n) is 2.43. The van der Waals surface area contributed by atoms with E-state index < -0.39 is 0 Å². The summed E-state index contributed by atoms with van der Waals surface area (Å²) in [6.07, 6.45) is 0.307. The van der Waals surface area contributed by atoms with Gasteiger partial charge in [0.25, 0.3) is 0 Å². The van der Waals surface area contributed by atoms with Crippen LogP contribution in [-0.4, -0.2) is 49.4 Å². The average Bonchev–Trinajstić information content (AvgIpc) is 2.81. The highest BCUT2D eigenvalue weighted by Crippen LogP contribution is 2.18. The van der Waals surface area contributed by atoms with E-state index in [1.165, 1.54) is 5.56 Å². The number of likely N-dealkylation sites (tertiary alicyclic amines) is 1. The lowest BCUT2D eigenvalue weighted by Crippen LogP contribution is -2.27. The molecule has 0 radical (unpaired) electrons. The predicted molar refractivity (Wildman–Crippen MR) is 79.2 cm³/mol. The summed E-state index contributed by atoms with van der Waals surface area (Å²) in [7, 11) is 3.47. The van der Waals surface area contributed by atoms with Crippen molar-refractivity contribution in [1.29, 1.82) is 0 Å². The molecule has 1 saturated heterocycles. The molecule has 0 spiro atoms. The minimum absolute atomic E-state index is 0.154. The third-order valence-corrected chi connectivity index (χ3v) is 3.78. The van der Waals surface area contributed by atoms with Crippen molar-refractivity contribution in [1.82, 2.24) is 4.90 Å². The van der Waals surface area contributed by atoms with Gasteiger partial charge in [0.05, 0.1) is 12.2 Å². The zero-order valence-corrected chi connectivity index (χ0v) is 12.2. The molecule has 1 aliphatic rings. The summed E-state index contributed by atoms with van der Waals surface area (Å²) >= 11 is 4.95. The molecule has 2 unspecified atom stereocenters. The van der Waals surface area contributed by atoms with Gasteiger partial charge >= 0.3 is 0 Å². The molecular formula is C14H20N2O2S. The molecule has 0 bridgehead atoms. The van der Waals surface area contributed by atoms with Gasteiger partial charge in [-0.25, -0.2) is 0 Å². The van der Waals surface area contributed by atoms with Gasteiger partial charge in [-0.15, -0.1) is 0 Å². The van der Waals surface area contributed by atoms with Crippen LogP contribution in [0.2, 0.25) is 0 Å². The molecule has 2 atom stereocenters. The van der Waals surface area contributed by atoms with Crippen LogP contribution in [0.3, 0.4) is 0 Å². The molecule has 1 aromatic rings. The molecule has 0 amide bonds. The number of hydrogen-bond acceptors (Lipinski definition) is 4. The zero-order chi connectivity index (χ0) is 13.8. The first kappa shape index (κ1) is 14.4. The van der Waals surface area contributed by atoms with E-state index in [9.17, 15) is 0 Å². The molecule has 5 heteroatoms. The van der Waals surface area contributed by atoms with Gasteiger partial charge < -0.3 is 15.2 Å². The van der Waals surface area contributed by atoms with E-state index in [1.807, 2.05) is 12.1 Å². The molecule has 1 fully saturated rings. The Kier molecular flexibility index (Phi) is 4.87. The second-order valence-electron chi connectivity index (χ2n) is 4.80. The van der Waals surface area contributed by atoms with Crippen LogP contribution >= 0.6 is 12.2 Å². The van der Waals surface area contributed by atoms with E-state index in [0.29, 0.717) is 4.99 Å². The van der Waals surface area contributed by atoms with Crippen LogP contribution in [0.15, 0.2) is 24.3 Å². The van der Waals surface area contributed by atoms with Gasteiger partial charge in [0.1, 0.15) is 4.99 Å². The third kappa shape index (κ3) is 3.51. The van der Waals surface area contributed by atoms with Crippen LogP contribution in [-0.2, 0) is 16.0 Å². The fraction of sp³-hybridized carbons (Fsp3) is 0.500. The first-order valence-corrected chi connectivity index (χ1v) is 6.71. The molecule has 0 aliphatic carbocycles. The maximum absolute atomic E-state index is 5.59. The lowest BCUT2D eigenvalue weighted by Gasteiger charge is -2.15. The molecule has 1 aromatic carbocycles. The molecule has 1 aliphatic heterocycles. The lowest BCUT2D eigenvalue weighted by atomic mass is 10.1. The molecule has 19 heavy (non-hydrogen) atoms. The third-order valence-electron chi connectivity index (χ3n) is 3.54. The van der Waals surface area contributed by atoms with Crippen LogP contribution in [0, 0.1) is 0 Å². The zero-order valence-electron chi connectivity index (χ0n) is 11.3. The first-order chi connectivity index (χ1) is 9.13. The van der Waals surface area contributed by atoms with Crippen molar-refractivity contribution < 1.29 is 9.47 Å². The number of ether oxygens (including phenoxy) is 2. The quantitative estimate of drug-likeness (QED) is 0.820. The summed E-state index contributed by atoms with van der Waals surface area (Å²) in [6, 6.07) is 8.07. The topological polar surface area (TPSA) is 47.7 Å². The second-order valence-corrected chi connectivity index (χ2v) is 5.24. The second kappa shape index (κ2) is 6.43. The minimum Gasteiger partial charge on any atom is -0.389 e. The van der Waals surface area contributed by atoms with Crippen LogP contribution < -0.4 is 5.73 Å². The monoisotopic (exact) mass is 280 g/mol. The Morgan fingerprint density at radius 2 is 1.74 bits per heavy atom. The highest BCUT2D eigenvalue weighted by atomic mass is 32.1. The van der Waals surface area contributed by atoms with Crippen LogP contribution in [0.25, 0.3) is 0 Å². The van der Waals surface area contributed by atoms with Crippen molar-refractivity contribution in [3.05, 3.63) is 35.4 Å². The van der Waals surface area contributed by atoms with Crippen molar-refractivity contribution in [3.8, 4) is 0 Å². The van der Waals surface area contributed by atoms with Gasteiger partial charge in [0, 0.05) is 39.4 Å². The highest BCUT2D eigenvalue weighted by molar-refractivity contribution is 7.80. The van der Waals surface area contributed by atoms with E-state index in [1.54, 1.807) is 14.2 Å². The number of nitrogens with zero attached hydrogens (tertiary/aromatic N) is 1. The molecule has 0 aromatic heterocycles. The Labute approximate surface area is 119 Å². The number of nitrogens with two attached hydrogens (primary N) is 1.